The largest absolute Gasteiger partial charge is 0.337 e. The van der Waals surface area contributed by atoms with Gasteiger partial charge in [0.2, 0.25) is 0 Å². The van der Waals surface area contributed by atoms with E-state index in [-0.39, 0.29) is 0 Å². The molecule has 16 heavy (non-hydrogen) atoms. The maximum atomic E-state index is 10.5. The lowest BCUT2D eigenvalue weighted by atomic mass is 10.0. The molecule has 1 fully saturated rings. The number of aryl methyl sites for hydroxylation is 1. The monoisotopic (exact) mass is 221 g/mol. The van der Waals surface area contributed by atoms with Crippen molar-refractivity contribution in [1.29, 1.82) is 0 Å². The highest BCUT2D eigenvalue weighted by Gasteiger charge is 2.18. The number of piperidine rings is 1. The van der Waals surface area contributed by atoms with Crippen molar-refractivity contribution >= 4 is 6.29 Å². The summed E-state index contributed by atoms with van der Waals surface area (Å²) < 4.78 is 2.01. The lowest BCUT2D eigenvalue weighted by Gasteiger charge is -2.32. The molecular weight excluding hydrogens is 202 g/mol. The van der Waals surface area contributed by atoms with Gasteiger partial charge in [-0.25, -0.2) is 4.98 Å². The zero-order valence-corrected chi connectivity index (χ0v) is 9.80. The molecule has 0 saturated carbocycles. The quantitative estimate of drug-likeness (QED) is 0.724. The second-order valence-electron chi connectivity index (χ2n) is 4.57. The van der Waals surface area contributed by atoms with Gasteiger partial charge in [0.25, 0.3) is 0 Å². The van der Waals surface area contributed by atoms with Crippen LogP contribution in [-0.4, -0.2) is 40.4 Å². The Bertz CT molecular complexity index is 348. The molecule has 2 rings (SSSR count). The molecule has 4 heteroatoms. The fourth-order valence-corrected chi connectivity index (χ4v) is 2.37. The SMILES string of the molecule is CN1CCCCC1CCn1cnc(C=O)c1. The van der Waals surface area contributed by atoms with Crippen molar-refractivity contribution in [2.45, 2.75) is 38.3 Å². The van der Waals surface area contributed by atoms with Crippen LogP contribution in [0.2, 0.25) is 0 Å². The standard InChI is InChI=1S/C12H19N3O/c1-14-6-3-2-4-12(14)5-7-15-8-11(9-16)13-10-15/h8-10,12H,2-7H2,1H3. The number of carbonyl (C=O) groups is 1. The van der Waals surface area contributed by atoms with E-state index in [1.54, 1.807) is 6.33 Å². The van der Waals surface area contributed by atoms with Gasteiger partial charge in [0.05, 0.1) is 6.33 Å². The molecule has 0 spiro atoms. The molecule has 88 valence electrons. The molecule has 1 aromatic heterocycles. The van der Waals surface area contributed by atoms with Gasteiger partial charge in [-0.1, -0.05) is 6.42 Å². The molecule has 4 nitrogen and oxygen atoms in total. The summed E-state index contributed by atoms with van der Waals surface area (Å²) in [6.07, 6.45) is 9.47. The van der Waals surface area contributed by atoms with E-state index in [1.165, 1.54) is 25.8 Å². The molecule has 1 aromatic rings. The third-order valence-electron chi connectivity index (χ3n) is 3.42. The molecule has 0 amide bonds. The van der Waals surface area contributed by atoms with E-state index in [2.05, 4.69) is 16.9 Å². The van der Waals surface area contributed by atoms with Crippen LogP contribution in [0.5, 0.6) is 0 Å². The van der Waals surface area contributed by atoms with Gasteiger partial charge >= 0.3 is 0 Å². The number of rotatable bonds is 4. The maximum absolute atomic E-state index is 10.5. The zero-order valence-electron chi connectivity index (χ0n) is 9.80. The molecule has 1 atom stereocenters. The Labute approximate surface area is 96.3 Å². The predicted octanol–water partition coefficient (Wildman–Crippen LogP) is 1.57. The summed E-state index contributed by atoms with van der Waals surface area (Å²) in [6.45, 7) is 2.17. The first-order valence-electron chi connectivity index (χ1n) is 5.97. The molecule has 1 saturated heterocycles. The van der Waals surface area contributed by atoms with E-state index in [0.717, 1.165) is 19.3 Å². The van der Waals surface area contributed by atoms with Gasteiger partial charge in [-0.05, 0) is 32.9 Å². The van der Waals surface area contributed by atoms with Gasteiger partial charge in [-0.15, -0.1) is 0 Å². The van der Waals surface area contributed by atoms with Crippen LogP contribution in [0.3, 0.4) is 0 Å². The number of imidazole rings is 1. The van der Waals surface area contributed by atoms with Gasteiger partial charge in [-0.2, -0.15) is 0 Å². The van der Waals surface area contributed by atoms with E-state index in [1.807, 2.05) is 10.8 Å². The normalized spacial score (nSPS) is 22.2. The summed E-state index contributed by atoms with van der Waals surface area (Å²) in [5.74, 6) is 0. The summed E-state index contributed by atoms with van der Waals surface area (Å²) in [6, 6.07) is 0.691. The molecule has 1 unspecified atom stereocenters. The zero-order chi connectivity index (χ0) is 11.4. The van der Waals surface area contributed by atoms with Crippen LogP contribution in [0.4, 0.5) is 0 Å². The molecule has 0 N–H and O–H groups in total. The van der Waals surface area contributed by atoms with Crippen molar-refractivity contribution in [3.63, 3.8) is 0 Å². The van der Waals surface area contributed by atoms with Gasteiger partial charge in [-0.3, -0.25) is 4.79 Å². The highest BCUT2D eigenvalue weighted by molar-refractivity contribution is 5.70. The number of hydrogen-bond donors (Lipinski definition) is 0. The molecule has 2 heterocycles. The first-order chi connectivity index (χ1) is 7.79. The number of nitrogens with zero attached hydrogens (tertiary/aromatic N) is 3. The van der Waals surface area contributed by atoms with Crippen LogP contribution >= 0.6 is 0 Å². The van der Waals surface area contributed by atoms with Crippen molar-refractivity contribution < 1.29 is 4.79 Å². The number of likely N-dealkylation sites (tertiary alicyclic amines) is 1. The van der Waals surface area contributed by atoms with E-state index in [4.69, 9.17) is 0 Å². The molecule has 0 aliphatic carbocycles. The van der Waals surface area contributed by atoms with Crippen LogP contribution < -0.4 is 0 Å². The van der Waals surface area contributed by atoms with Crippen LogP contribution in [0.15, 0.2) is 12.5 Å². The van der Waals surface area contributed by atoms with E-state index >= 15 is 0 Å². The first kappa shape index (κ1) is 11.3. The third kappa shape index (κ3) is 2.70. The van der Waals surface area contributed by atoms with Gasteiger partial charge in [0.15, 0.2) is 6.29 Å². The Kier molecular flexibility index (Phi) is 3.72. The summed E-state index contributed by atoms with van der Waals surface area (Å²) in [4.78, 5) is 16.9. The summed E-state index contributed by atoms with van der Waals surface area (Å²) in [5.41, 5.74) is 0.525. The lowest BCUT2D eigenvalue weighted by Crippen LogP contribution is -2.36. The Hall–Kier alpha value is -1.16. The molecule has 1 aliphatic rings. The average molecular weight is 221 g/mol. The van der Waals surface area contributed by atoms with Crippen molar-refractivity contribution in [1.82, 2.24) is 14.5 Å². The summed E-state index contributed by atoms with van der Waals surface area (Å²) in [7, 11) is 2.20. The van der Waals surface area contributed by atoms with Crippen LogP contribution in [0, 0.1) is 0 Å². The summed E-state index contributed by atoms with van der Waals surface area (Å²) >= 11 is 0. The number of aromatic nitrogens is 2. The Morgan fingerprint density at radius 3 is 3.12 bits per heavy atom. The number of aldehydes is 1. The molecule has 1 aliphatic heterocycles. The first-order valence-corrected chi connectivity index (χ1v) is 5.97. The van der Waals surface area contributed by atoms with Crippen LogP contribution in [0.25, 0.3) is 0 Å². The predicted molar refractivity (Wildman–Crippen MR) is 62.5 cm³/mol. The van der Waals surface area contributed by atoms with E-state index in [0.29, 0.717) is 11.7 Å². The van der Waals surface area contributed by atoms with Crippen LogP contribution in [-0.2, 0) is 6.54 Å². The minimum absolute atomic E-state index is 0.525. The van der Waals surface area contributed by atoms with Crippen molar-refractivity contribution in [2.75, 3.05) is 13.6 Å². The minimum atomic E-state index is 0.525. The molecule has 0 aromatic carbocycles. The van der Waals surface area contributed by atoms with Crippen molar-refractivity contribution in [2.24, 2.45) is 0 Å². The van der Waals surface area contributed by atoms with Crippen molar-refractivity contribution in [3.05, 3.63) is 18.2 Å². The average Bonchev–Trinajstić information content (AvgIpc) is 2.76. The summed E-state index contributed by atoms with van der Waals surface area (Å²) in [5, 5.41) is 0. The van der Waals surface area contributed by atoms with E-state index in [9.17, 15) is 4.79 Å². The van der Waals surface area contributed by atoms with Gasteiger partial charge in [0, 0.05) is 18.8 Å². The molecule has 0 radical (unpaired) electrons. The smallest absolute Gasteiger partial charge is 0.169 e. The number of carbonyl (C=O) groups excluding carboxylic acids is 1. The highest BCUT2D eigenvalue weighted by atomic mass is 16.1. The maximum Gasteiger partial charge on any atom is 0.169 e. The second-order valence-corrected chi connectivity index (χ2v) is 4.57. The minimum Gasteiger partial charge on any atom is -0.337 e. The highest BCUT2D eigenvalue weighted by Crippen LogP contribution is 2.18. The topological polar surface area (TPSA) is 38.1 Å². The third-order valence-corrected chi connectivity index (χ3v) is 3.42. The lowest BCUT2D eigenvalue weighted by molar-refractivity contribution is 0.111. The molecule has 0 bridgehead atoms. The Morgan fingerprint density at radius 1 is 1.56 bits per heavy atom. The second kappa shape index (κ2) is 5.25. The Morgan fingerprint density at radius 2 is 2.44 bits per heavy atom. The van der Waals surface area contributed by atoms with E-state index < -0.39 is 0 Å². The van der Waals surface area contributed by atoms with Gasteiger partial charge in [0.1, 0.15) is 5.69 Å². The van der Waals surface area contributed by atoms with Crippen molar-refractivity contribution in [3.8, 4) is 0 Å². The van der Waals surface area contributed by atoms with Gasteiger partial charge < -0.3 is 9.47 Å². The molecular formula is C12H19N3O. The Balaban J connectivity index is 1.83. The fraction of sp³-hybridized carbons (Fsp3) is 0.667. The fourth-order valence-electron chi connectivity index (χ4n) is 2.37. The number of hydrogen-bond acceptors (Lipinski definition) is 3. The van der Waals surface area contributed by atoms with Crippen LogP contribution in [0.1, 0.15) is 36.2 Å².